The summed E-state index contributed by atoms with van der Waals surface area (Å²) in [5.41, 5.74) is 10.1. The standard InChI is InChI=1S/C53H35N5/c1-3-15-35(16-4-1)51-54-52(56-53(55-51)43-23-13-25-46-50(43)42-22-11-12-24-45(42)57(46)39-19-5-2-6-20-39)36-26-29-40(30-27-36)58-47-31-28-34-14-9-10-21-41(34)49(47)44-32-37-17-7-8-18-38(37)33-48(44)58/h1-26,28-29,31-33H,27,30H2. The lowest BCUT2D eigenvalue weighted by atomic mass is 10.0. The van der Waals surface area contributed by atoms with E-state index >= 15 is 0 Å². The number of allylic oxidation sites excluding steroid dienone is 4. The van der Waals surface area contributed by atoms with Gasteiger partial charge in [0.15, 0.2) is 17.5 Å². The molecule has 0 spiro atoms. The minimum Gasteiger partial charge on any atom is -0.313 e. The Morgan fingerprint density at radius 2 is 1.03 bits per heavy atom. The van der Waals surface area contributed by atoms with E-state index in [1.165, 1.54) is 49.0 Å². The fourth-order valence-electron chi connectivity index (χ4n) is 9.20. The molecule has 1 aliphatic carbocycles. The third-order valence-electron chi connectivity index (χ3n) is 11.8. The van der Waals surface area contributed by atoms with Gasteiger partial charge in [-0.05, 0) is 88.5 Å². The highest BCUT2D eigenvalue weighted by Gasteiger charge is 2.23. The number of aromatic nitrogens is 5. The van der Waals surface area contributed by atoms with Crippen LogP contribution in [0.1, 0.15) is 18.7 Å². The monoisotopic (exact) mass is 741 g/mol. The van der Waals surface area contributed by atoms with Crippen molar-refractivity contribution in [1.29, 1.82) is 0 Å². The Kier molecular flexibility index (Phi) is 7.29. The highest BCUT2D eigenvalue weighted by atomic mass is 15.0. The predicted molar refractivity (Wildman–Crippen MR) is 241 cm³/mol. The number of para-hydroxylation sites is 2. The smallest absolute Gasteiger partial charge is 0.164 e. The first-order chi connectivity index (χ1) is 28.8. The topological polar surface area (TPSA) is 48.5 Å². The Morgan fingerprint density at radius 3 is 1.84 bits per heavy atom. The van der Waals surface area contributed by atoms with Gasteiger partial charge in [0.2, 0.25) is 0 Å². The summed E-state index contributed by atoms with van der Waals surface area (Å²) < 4.78 is 4.82. The predicted octanol–water partition coefficient (Wildman–Crippen LogP) is 13.4. The van der Waals surface area contributed by atoms with Gasteiger partial charge in [0.25, 0.3) is 0 Å². The molecule has 0 bridgehead atoms. The molecule has 0 saturated heterocycles. The zero-order chi connectivity index (χ0) is 38.2. The van der Waals surface area contributed by atoms with Gasteiger partial charge < -0.3 is 9.13 Å². The summed E-state index contributed by atoms with van der Waals surface area (Å²) in [6, 6.07) is 62.6. The van der Waals surface area contributed by atoms with Crippen molar-refractivity contribution in [3.63, 3.8) is 0 Å². The SMILES string of the molecule is C1=C(c2nc(-c3ccccc3)nc(-c3cccc4c3c3ccccc3n4-c3ccccc3)n2)CCC(n2c3cc4ccccc4cc3c3c4ccccc4ccc32)=C1. The molecule has 0 atom stereocenters. The summed E-state index contributed by atoms with van der Waals surface area (Å²) in [7, 11) is 0. The molecule has 5 nitrogen and oxygen atoms in total. The minimum atomic E-state index is 0.668. The molecule has 1 aliphatic rings. The molecule has 5 heteroatoms. The molecule has 0 fully saturated rings. The van der Waals surface area contributed by atoms with Crippen molar-refractivity contribution in [3.05, 3.63) is 194 Å². The van der Waals surface area contributed by atoms with Gasteiger partial charge in [0.1, 0.15) is 0 Å². The van der Waals surface area contributed by atoms with E-state index in [-0.39, 0.29) is 0 Å². The maximum absolute atomic E-state index is 5.31. The van der Waals surface area contributed by atoms with E-state index in [1.54, 1.807) is 0 Å². The first-order valence-electron chi connectivity index (χ1n) is 19.9. The highest BCUT2D eigenvalue weighted by molar-refractivity contribution is 6.23. The van der Waals surface area contributed by atoms with Crippen LogP contribution in [0.15, 0.2) is 188 Å². The molecular formula is C53H35N5. The number of hydrogen-bond acceptors (Lipinski definition) is 3. The van der Waals surface area contributed by atoms with Crippen molar-refractivity contribution in [2.24, 2.45) is 0 Å². The highest BCUT2D eigenvalue weighted by Crippen LogP contribution is 2.42. The van der Waals surface area contributed by atoms with Gasteiger partial charge in [0.05, 0.1) is 22.1 Å². The van der Waals surface area contributed by atoms with Gasteiger partial charge in [-0.15, -0.1) is 0 Å². The van der Waals surface area contributed by atoms with Crippen LogP contribution in [0.25, 0.3) is 105 Å². The number of benzene rings is 8. The summed E-state index contributed by atoms with van der Waals surface area (Å²) >= 11 is 0. The normalized spacial score (nSPS) is 13.2. The average Bonchev–Trinajstić information content (AvgIpc) is 3.81. The van der Waals surface area contributed by atoms with Gasteiger partial charge in [-0.25, -0.2) is 15.0 Å². The van der Waals surface area contributed by atoms with Gasteiger partial charge in [-0.2, -0.15) is 0 Å². The lowest BCUT2D eigenvalue weighted by molar-refractivity contribution is 0.955. The van der Waals surface area contributed by atoms with Crippen LogP contribution in [0.2, 0.25) is 0 Å². The fourth-order valence-corrected chi connectivity index (χ4v) is 9.20. The molecule has 0 N–H and O–H groups in total. The second-order valence-corrected chi connectivity index (χ2v) is 15.1. The van der Waals surface area contributed by atoms with Crippen LogP contribution in [-0.4, -0.2) is 24.1 Å². The molecule has 8 aromatic carbocycles. The quantitative estimate of drug-likeness (QED) is 0.176. The Morgan fingerprint density at radius 1 is 0.379 bits per heavy atom. The fraction of sp³-hybridized carbons (Fsp3) is 0.0377. The second kappa shape index (κ2) is 13.0. The molecule has 11 aromatic rings. The molecule has 0 aliphatic heterocycles. The van der Waals surface area contributed by atoms with Crippen molar-refractivity contribution >= 4 is 76.4 Å². The van der Waals surface area contributed by atoms with Crippen LogP contribution in [-0.2, 0) is 0 Å². The molecule has 0 amide bonds. The van der Waals surface area contributed by atoms with Crippen LogP contribution in [0.3, 0.4) is 0 Å². The van der Waals surface area contributed by atoms with Crippen molar-refractivity contribution in [1.82, 2.24) is 24.1 Å². The molecule has 58 heavy (non-hydrogen) atoms. The van der Waals surface area contributed by atoms with Crippen LogP contribution >= 0.6 is 0 Å². The average molecular weight is 742 g/mol. The van der Waals surface area contributed by atoms with Crippen LogP contribution < -0.4 is 0 Å². The zero-order valence-corrected chi connectivity index (χ0v) is 31.5. The summed E-state index contributed by atoms with van der Waals surface area (Å²) in [6.45, 7) is 0. The maximum atomic E-state index is 5.31. The van der Waals surface area contributed by atoms with Crippen molar-refractivity contribution in [2.75, 3.05) is 0 Å². The number of fused-ring (bicyclic) bond motifs is 9. The minimum absolute atomic E-state index is 0.668. The van der Waals surface area contributed by atoms with Crippen molar-refractivity contribution < 1.29 is 0 Å². The van der Waals surface area contributed by atoms with E-state index in [4.69, 9.17) is 15.0 Å². The molecule has 0 unspecified atom stereocenters. The van der Waals surface area contributed by atoms with Gasteiger partial charge in [-0.3, -0.25) is 0 Å². The van der Waals surface area contributed by atoms with Crippen LogP contribution in [0.4, 0.5) is 0 Å². The molecule has 0 radical (unpaired) electrons. The molecule has 3 heterocycles. The summed E-state index contributed by atoms with van der Waals surface area (Å²) in [5, 5.41) is 9.89. The van der Waals surface area contributed by atoms with Crippen LogP contribution in [0.5, 0.6) is 0 Å². The molecule has 12 rings (SSSR count). The zero-order valence-electron chi connectivity index (χ0n) is 31.5. The molecular weight excluding hydrogens is 707 g/mol. The van der Waals surface area contributed by atoms with E-state index in [9.17, 15) is 0 Å². The van der Waals surface area contributed by atoms with Gasteiger partial charge in [-0.1, -0.05) is 140 Å². The number of hydrogen-bond donors (Lipinski definition) is 0. The first-order valence-corrected chi connectivity index (χ1v) is 19.9. The van der Waals surface area contributed by atoms with E-state index in [1.807, 2.05) is 18.2 Å². The van der Waals surface area contributed by atoms with E-state index in [0.29, 0.717) is 17.5 Å². The van der Waals surface area contributed by atoms with Crippen molar-refractivity contribution in [2.45, 2.75) is 12.8 Å². The van der Waals surface area contributed by atoms with Gasteiger partial charge >= 0.3 is 0 Å². The Hall–Kier alpha value is -7.63. The first kappa shape index (κ1) is 32.6. The van der Waals surface area contributed by atoms with Crippen LogP contribution in [0, 0.1) is 0 Å². The van der Waals surface area contributed by atoms with Gasteiger partial charge in [0, 0.05) is 44.1 Å². The number of rotatable bonds is 5. The van der Waals surface area contributed by atoms with Crippen molar-refractivity contribution in [3.8, 4) is 28.5 Å². The van der Waals surface area contributed by atoms with E-state index in [0.717, 1.165) is 57.0 Å². The molecule has 272 valence electrons. The Labute approximate surface area is 334 Å². The summed E-state index contributed by atoms with van der Waals surface area (Å²) in [6.07, 6.45) is 6.14. The largest absolute Gasteiger partial charge is 0.313 e. The third-order valence-corrected chi connectivity index (χ3v) is 11.8. The summed E-state index contributed by atoms with van der Waals surface area (Å²) in [5.74, 6) is 2.05. The lowest BCUT2D eigenvalue weighted by Gasteiger charge is -2.18. The van der Waals surface area contributed by atoms with E-state index in [2.05, 4.69) is 179 Å². The second-order valence-electron chi connectivity index (χ2n) is 15.1. The summed E-state index contributed by atoms with van der Waals surface area (Å²) in [4.78, 5) is 15.7. The molecule has 0 saturated carbocycles. The Balaban J connectivity index is 1.05. The lowest BCUT2D eigenvalue weighted by Crippen LogP contribution is -2.06. The maximum Gasteiger partial charge on any atom is 0.164 e. The Bertz CT molecular complexity index is 3500. The van der Waals surface area contributed by atoms with E-state index < -0.39 is 0 Å². The third kappa shape index (κ3) is 5.07. The molecule has 3 aromatic heterocycles. The number of nitrogens with zero attached hydrogens (tertiary/aromatic N) is 5.